The molecule has 0 bridgehead atoms. The summed E-state index contributed by atoms with van der Waals surface area (Å²) in [5.74, 6) is 0.744. The highest BCUT2D eigenvalue weighted by Crippen LogP contribution is 2.34. The third-order valence-corrected chi connectivity index (χ3v) is 4.75. The fourth-order valence-corrected chi connectivity index (χ4v) is 2.96. The Bertz CT molecular complexity index is 1090. The molecule has 32 heavy (non-hydrogen) atoms. The van der Waals surface area contributed by atoms with Crippen LogP contribution in [0.2, 0.25) is 0 Å². The van der Waals surface area contributed by atoms with Gasteiger partial charge in [-0.2, -0.15) is 0 Å². The number of hydrogen-bond acceptors (Lipinski definition) is 9. The van der Waals surface area contributed by atoms with Crippen LogP contribution in [-0.2, 0) is 15.2 Å². The molecule has 0 saturated heterocycles. The van der Waals surface area contributed by atoms with Crippen LogP contribution in [0, 0.1) is 5.41 Å². The molecule has 0 saturated carbocycles. The molecule has 10 nitrogen and oxygen atoms in total. The average Bonchev–Trinajstić information content (AvgIpc) is 3.24. The van der Waals surface area contributed by atoms with Gasteiger partial charge in [-0.3, -0.25) is 9.59 Å². The maximum Gasteiger partial charge on any atom is 0.311 e. The van der Waals surface area contributed by atoms with Crippen molar-refractivity contribution in [2.24, 2.45) is 26.1 Å². The second-order valence-electron chi connectivity index (χ2n) is 8.35. The number of ether oxygens (including phenoxy) is 3. The van der Waals surface area contributed by atoms with E-state index in [-0.39, 0.29) is 12.2 Å². The molecule has 0 radical (unpaired) electrons. The Kier molecular flexibility index (Phi) is 6.71. The van der Waals surface area contributed by atoms with Crippen LogP contribution < -0.4 is 15.0 Å². The van der Waals surface area contributed by atoms with E-state index in [1.54, 1.807) is 52.1 Å². The van der Waals surface area contributed by atoms with Gasteiger partial charge in [0.25, 0.3) is 11.2 Å². The van der Waals surface area contributed by atoms with E-state index in [0.29, 0.717) is 23.8 Å². The van der Waals surface area contributed by atoms with Crippen molar-refractivity contribution in [3.63, 3.8) is 0 Å². The zero-order chi connectivity index (χ0) is 23.4. The third kappa shape index (κ3) is 4.84. The summed E-state index contributed by atoms with van der Waals surface area (Å²) in [7, 11) is 1.57. The summed E-state index contributed by atoms with van der Waals surface area (Å²) >= 11 is 0. The first-order valence-electron chi connectivity index (χ1n) is 10.3. The van der Waals surface area contributed by atoms with Gasteiger partial charge in [0, 0.05) is 11.3 Å². The first-order valence-corrected chi connectivity index (χ1v) is 10.3. The molecule has 3 rings (SSSR count). The Balaban J connectivity index is 1.92. The van der Waals surface area contributed by atoms with Gasteiger partial charge >= 0.3 is 5.97 Å². The molecule has 2 heterocycles. The van der Waals surface area contributed by atoms with Crippen LogP contribution in [0.1, 0.15) is 39.7 Å². The molecule has 1 aliphatic heterocycles. The van der Waals surface area contributed by atoms with Crippen LogP contribution in [0.3, 0.4) is 0 Å². The van der Waals surface area contributed by atoms with Crippen LogP contribution in [0.25, 0.3) is 11.3 Å². The maximum atomic E-state index is 13.0. The zero-order valence-electron chi connectivity index (χ0n) is 18.8. The monoisotopic (exact) mass is 441 g/mol. The third-order valence-electron chi connectivity index (χ3n) is 4.75. The Labute approximate surface area is 185 Å². The van der Waals surface area contributed by atoms with Gasteiger partial charge in [-0.05, 0) is 68.0 Å². The summed E-state index contributed by atoms with van der Waals surface area (Å²) in [6.45, 7) is 7.47. The van der Waals surface area contributed by atoms with Crippen LogP contribution >= 0.6 is 0 Å². The van der Waals surface area contributed by atoms with Crippen molar-refractivity contribution in [2.45, 2.75) is 39.8 Å². The quantitative estimate of drug-likeness (QED) is 0.607. The number of carbonyl (C=O) groups is 1. The maximum absolute atomic E-state index is 13.0. The molecule has 0 spiro atoms. The largest absolute Gasteiger partial charge is 0.493 e. The van der Waals surface area contributed by atoms with Crippen molar-refractivity contribution >= 4 is 5.97 Å². The van der Waals surface area contributed by atoms with E-state index >= 15 is 0 Å². The van der Waals surface area contributed by atoms with Gasteiger partial charge < -0.3 is 19.2 Å². The highest BCUT2D eigenvalue weighted by Gasteiger charge is 2.41. The van der Waals surface area contributed by atoms with Crippen LogP contribution in [0.4, 0.5) is 0 Å². The summed E-state index contributed by atoms with van der Waals surface area (Å²) in [5.41, 5.74) is -1.19. The zero-order valence-corrected chi connectivity index (χ0v) is 18.8. The molecule has 1 aromatic carbocycles. The first-order chi connectivity index (χ1) is 15.2. The lowest BCUT2D eigenvalue weighted by Gasteiger charge is -2.22. The minimum Gasteiger partial charge on any atom is -0.493 e. The van der Waals surface area contributed by atoms with Crippen molar-refractivity contribution in [3.05, 3.63) is 46.2 Å². The summed E-state index contributed by atoms with van der Waals surface area (Å²) in [6, 6.07) is 8.70. The molecule has 0 amide bonds. The molecule has 0 aliphatic carbocycles. The van der Waals surface area contributed by atoms with Gasteiger partial charge in [-0.1, -0.05) is 6.92 Å². The molecule has 1 N–H and O–H groups in total. The number of aromatic nitrogens is 1. The normalized spacial score (nSPS) is 14.4. The van der Waals surface area contributed by atoms with Crippen LogP contribution in [-0.4, -0.2) is 31.3 Å². The fraction of sp³-hybridized carbons (Fsp3) is 0.455. The van der Waals surface area contributed by atoms with E-state index in [4.69, 9.17) is 14.2 Å². The minimum atomic E-state index is -1.51. The van der Waals surface area contributed by atoms with Crippen molar-refractivity contribution in [1.82, 2.24) is 4.98 Å². The van der Waals surface area contributed by atoms with Gasteiger partial charge in [0.05, 0.1) is 24.7 Å². The van der Waals surface area contributed by atoms with Crippen molar-refractivity contribution in [2.75, 3.05) is 20.3 Å². The number of carbonyl (C=O) groups excluding carboxylic acids is 1. The molecule has 0 atom stereocenters. The highest BCUT2D eigenvalue weighted by atomic mass is 16.5. The number of benzene rings is 1. The molecule has 1 aromatic heterocycles. The number of pyridine rings is 1. The number of methoxy groups -OCH3 is 1. The second-order valence-corrected chi connectivity index (χ2v) is 8.35. The predicted octanol–water partition coefficient (Wildman–Crippen LogP) is 4.41. The van der Waals surface area contributed by atoms with Crippen molar-refractivity contribution in [3.8, 4) is 22.8 Å². The number of hydrogen-bond donors (Lipinski definition) is 1. The number of rotatable bonds is 8. The van der Waals surface area contributed by atoms with E-state index in [0.717, 1.165) is 12.0 Å². The summed E-state index contributed by atoms with van der Waals surface area (Å²) in [5, 5.41) is 15.1. The van der Waals surface area contributed by atoms with Crippen LogP contribution in [0.15, 0.2) is 55.8 Å². The number of esters is 1. The first kappa shape index (κ1) is 23.1. The Hall–Kier alpha value is -3.56. The minimum absolute atomic E-state index is 0.170. The van der Waals surface area contributed by atoms with E-state index in [9.17, 15) is 9.59 Å². The SMILES string of the molecule is CCCOc1cc(-c2ccc(C3(COC(=O)C(C)(C)C)N=NN=N3)c(=O)[nH]2)ccc1OC. The van der Waals surface area contributed by atoms with Crippen molar-refractivity contribution in [1.29, 1.82) is 0 Å². The second kappa shape index (κ2) is 9.29. The molecule has 0 unspecified atom stereocenters. The topological polar surface area (TPSA) is 127 Å². The molecule has 170 valence electrons. The van der Waals surface area contributed by atoms with Crippen molar-refractivity contribution < 1.29 is 19.0 Å². The molecular weight excluding hydrogens is 414 g/mol. The smallest absolute Gasteiger partial charge is 0.311 e. The lowest BCUT2D eigenvalue weighted by Crippen LogP contribution is -2.35. The van der Waals surface area contributed by atoms with Gasteiger partial charge in [-0.25, -0.2) is 0 Å². The average molecular weight is 441 g/mol. The molecule has 10 heteroatoms. The van der Waals surface area contributed by atoms with E-state index in [1.807, 2.05) is 13.0 Å². The lowest BCUT2D eigenvalue weighted by atomic mass is 9.97. The van der Waals surface area contributed by atoms with Gasteiger partial charge in [0.1, 0.15) is 6.61 Å². The number of nitrogens with one attached hydrogen (secondary N) is 1. The molecular formula is C22H27N5O5. The van der Waals surface area contributed by atoms with Gasteiger partial charge in [-0.15, -0.1) is 10.2 Å². The highest BCUT2D eigenvalue weighted by molar-refractivity contribution is 5.75. The number of H-pyrrole nitrogens is 1. The van der Waals surface area contributed by atoms with Crippen LogP contribution in [0.5, 0.6) is 11.5 Å². The molecule has 1 aliphatic rings. The van der Waals surface area contributed by atoms with E-state index in [2.05, 4.69) is 25.7 Å². The summed E-state index contributed by atoms with van der Waals surface area (Å²) in [6.07, 6.45) is 0.851. The fourth-order valence-electron chi connectivity index (χ4n) is 2.96. The molecule has 2 aromatic rings. The Morgan fingerprint density at radius 2 is 1.81 bits per heavy atom. The number of nitrogens with zero attached hydrogens (tertiary/aromatic N) is 4. The van der Waals surface area contributed by atoms with Gasteiger partial charge in [0.2, 0.25) is 0 Å². The standard InChI is InChI=1S/C22H27N5O5/c1-6-11-31-18-12-14(7-10-17(18)30-5)16-9-8-15(19(28)23-16)22(24-26-27-25-22)13-32-20(29)21(2,3)4/h7-10,12H,6,11,13H2,1-5H3,(H,23,28). The number of aromatic amines is 1. The van der Waals surface area contributed by atoms with E-state index < -0.39 is 22.6 Å². The summed E-state index contributed by atoms with van der Waals surface area (Å²) in [4.78, 5) is 28.0. The molecule has 0 fully saturated rings. The predicted molar refractivity (Wildman–Crippen MR) is 117 cm³/mol. The summed E-state index contributed by atoms with van der Waals surface area (Å²) < 4.78 is 16.5. The van der Waals surface area contributed by atoms with Gasteiger partial charge in [0.15, 0.2) is 11.5 Å². The Morgan fingerprint density at radius 1 is 1.09 bits per heavy atom. The lowest BCUT2D eigenvalue weighted by molar-refractivity contribution is -0.154. The van der Waals surface area contributed by atoms with E-state index in [1.165, 1.54) is 0 Å². The Morgan fingerprint density at radius 3 is 2.41 bits per heavy atom.